The standard InChI is InChI=1S/C23H26BrN5O/c24-20-14-16(4-5-22(20)30)6-12-26-23-27-13-9-21(29-23)17-2-1-3-19(15-17)28-18-7-10-25-11-8-18/h1-5,9,13-15,18,25,28,30H,6-8,10-12H2,(H,26,27,29). The molecule has 4 rings (SSSR count). The van der Waals surface area contributed by atoms with Crippen molar-refractivity contribution >= 4 is 27.6 Å². The molecular formula is C23H26BrN5O. The van der Waals surface area contributed by atoms with E-state index in [1.807, 2.05) is 18.2 Å². The van der Waals surface area contributed by atoms with E-state index in [1.54, 1.807) is 12.3 Å². The van der Waals surface area contributed by atoms with Crippen LogP contribution in [0.25, 0.3) is 11.3 Å². The van der Waals surface area contributed by atoms with E-state index < -0.39 is 0 Å². The minimum Gasteiger partial charge on any atom is -0.507 e. The van der Waals surface area contributed by atoms with Crippen LogP contribution in [0.1, 0.15) is 18.4 Å². The predicted molar refractivity (Wildman–Crippen MR) is 125 cm³/mol. The van der Waals surface area contributed by atoms with Crippen molar-refractivity contribution in [3.63, 3.8) is 0 Å². The third-order valence-corrected chi connectivity index (χ3v) is 5.87. The van der Waals surface area contributed by atoms with Gasteiger partial charge in [-0.05, 0) is 84.2 Å². The lowest BCUT2D eigenvalue weighted by Crippen LogP contribution is -2.35. The molecule has 0 saturated carbocycles. The molecule has 0 atom stereocenters. The smallest absolute Gasteiger partial charge is 0.223 e. The van der Waals surface area contributed by atoms with Crippen molar-refractivity contribution in [2.75, 3.05) is 30.3 Å². The van der Waals surface area contributed by atoms with Crippen molar-refractivity contribution < 1.29 is 5.11 Å². The molecule has 2 aromatic carbocycles. The first-order valence-corrected chi connectivity index (χ1v) is 11.1. The van der Waals surface area contributed by atoms with Gasteiger partial charge < -0.3 is 21.1 Å². The molecule has 1 fully saturated rings. The van der Waals surface area contributed by atoms with Crippen LogP contribution in [0.4, 0.5) is 11.6 Å². The Hall–Kier alpha value is -2.64. The van der Waals surface area contributed by atoms with Gasteiger partial charge in [-0.3, -0.25) is 0 Å². The van der Waals surface area contributed by atoms with Crippen molar-refractivity contribution in [3.8, 4) is 17.0 Å². The van der Waals surface area contributed by atoms with Crippen molar-refractivity contribution in [2.45, 2.75) is 25.3 Å². The molecule has 4 N–H and O–H groups in total. The lowest BCUT2D eigenvalue weighted by atomic mass is 10.1. The Bertz CT molecular complexity index is 991. The summed E-state index contributed by atoms with van der Waals surface area (Å²) in [6, 6.07) is 16.4. The summed E-state index contributed by atoms with van der Waals surface area (Å²) in [7, 11) is 0. The largest absolute Gasteiger partial charge is 0.507 e. The number of hydrogen-bond acceptors (Lipinski definition) is 6. The quantitative estimate of drug-likeness (QED) is 0.411. The van der Waals surface area contributed by atoms with E-state index in [9.17, 15) is 5.11 Å². The second kappa shape index (κ2) is 9.91. The maximum Gasteiger partial charge on any atom is 0.223 e. The highest BCUT2D eigenvalue weighted by molar-refractivity contribution is 9.10. The molecule has 1 aliphatic heterocycles. The van der Waals surface area contributed by atoms with Crippen LogP contribution in [0.5, 0.6) is 5.75 Å². The third kappa shape index (κ3) is 5.49. The Labute approximate surface area is 185 Å². The van der Waals surface area contributed by atoms with Crippen molar-refractivity contribution in [1.82, 2.24) is 15.3 Å². The SMILES string of the molecule is Oc1ccc(CCNc2nccc(-c3cccc(NC4CCNCC4)c3)n2)cc1Br. The van der Waals surface area contributed by atoms with Gasteiger partial charge in [0.15, 0.2) is 0 Å². The van der Waals surface area contributed by atoms with Gasteiger partial charge in [-0.25, -0.2) is 9.97 Å². The van der Waals surface area contributed by atoms with Gasteiger partial charge in [0.25, 0.3) is 0 Å². The van der Waals surface area contributed by atoms with E-state index in [1.165, 1.54) is 0 Å². The molecule has 0 amide bonds. The van der Waals surface area contributed by atoms with Crippen LogP contribution in [0.15, 0.2) is 59.2 Å². The molecule has 7 heteroatoms. The minimum absolute atomic E-state index is 0.250. The van der Waals surface area contributed by atoms with Gasteiger partial charge in [-0.1, -0.05) is 18.2 Å². The average Bonchev–Trinajstić information content (AvgIpc) is 2.77. The number of hydrogen-bond donors (Lipinski definition) is 4. The van der Waals surface area contributed by atoms with Crippen LogP contribution in [-0.2, 0) is 6.42 Å². The van der Waals surface area contributed by atoms with Crippen molar-refractivity contribution in [2.24, 2.45) is 0 Å². The van der Waals surface area contributed by atoms with Crippen LogP contribution in [0.2, 0.25) is 0 Å². The molecule has 0 bridgehead atoms. The van der Waals surface area contributed by atoms with Gasteiger partial charge in [0, 0.05) is 30.0 Å². The highest BCUT2D eigenvalue weighted by Crippen LogP contribution is 2.25. The summed E-state index contributed by atoms with van der Waals surface area (Å²) in [4.78, 5) is 9.03. The van der Waals surface area contributed by atoms with E-state index in [4.69, 9.17) is 0 Å². The molecule has 3 aromatic rings. The minimum atomic E-state index is 0.250. The first kappa shape index (κ1) is 20.6. The van der Waals surface area contributed by atoms with E-state index in [0.29, 0.717) is 23.0 Å². The number of rotatable bonds is 7. The van der Waals surface area contributed by atoms with Crippen LogP contribution in [0, 0.1) is 0 Å². The zero-order valence-electron chi connectivity index (χ0n) is 16.7. The fourth-order valence-electron chi connectivity index (χ4n) is 3.60. The average molecular weight is 468 g/mol. The highest BCUT2D eigenvalue weighted by Gasteiger charge is 2.13. The number of piperidine rings is 1. The second-order valence-corrected chi connectivity index (χ2v) is 8.33. The Morgan fingerprint density at radius 1 is 1.10 bits per heavy atom. The van der Waals surface area contributed by atoms with Crippen molar-refractivity contribution in [1.29, 1.82) is 0 Å². The van der Waals surface area contributed by atoms with Gasteiger partial charge in [-0.2, -0.15) is 0 Å². The molecule has 30 heavy (non-hydrogen) atoms. The fourth-order valence-corrected chi connectivity index (χ4v) is 4.03. The highest BCUT2D eigenvalue weighted by atomic mass is 79.9. The number of nitrogens with zero attached hydrogens (tertiary/aromatic N) is 2. The Morgan fingerprint density at radius 2 is 1.97 bits per heavy atom. The molecule has 0 aliphatic carbocycles. The summed E-state index contributed by atoms with van der Waals surface area (Å²) in [6.45, 7) is 2.84. The van der Waals surface area contributed by atoms with Gasteiger partial charge >= 0.3 is 0 Å². The number of phenolic OH excluding ortho intramolecular Hbond substituents is 1. The zero-order valence-corrected chi connectivity index (χ0v) is 18.3. The Balaban J connectivity index is 1.39. The lowest BCUT2D eigenvalue weighted by molar-refractivity contribution is 0.471. The number of aromatic nitrogens is 2. The van der Waals surface area contributed by atoms with Crippen molar-refractivity contribution in [3.05, 3.63) is 64.8 Å². The summed E-state index contributed by atoms with van der Waals surface area (Å²) in [5, 5.41) is 19.9. The number of phenols is 1. The number of benzene rings is 2. The van der Waals surface area contributed by atoms with Gasteiger partial charge in [0.2, 0.25) is 5.95 Å². The van der Waals surface area contributed by atoms with Gasteiger partial charge in [0.05, 0.1) is 10.2 Å². The molecule has 0 unspecified atom stereocenters. The van der Waals surface area contributed by atoms with E-state index in [-0.39, 0.29) is 5.75 Å². The second-order valence-electron chi connectivity index (χ2n) is 7.48. The summed E-state index contributed by atoms with van der Waals surface area (Å²) in [5.41, 5.74) is 4.22. The number of nitrogens with one attached hydrogen (secondary N) is 3. The molecule has 2 heterocycles. The summed E-state index contributed by atoms with van der Waals surface area (Å²) in [6.07, 6.45) is 4.88. The molecule has 6 nitrogen and oxygen atoms in total. The number of halogens is 1. The van der Waals surface area contributed by atoms with Crippen LogP contribution in [0.3, 0.4) is 0 Å². The molecule has 0 spiro atoms. The first-order chi connectivity index (χ1) is 14.7. The monoisotopic (exact) mass is 467 g/mol. The predicted octanol–water partition coefficient (Wildman–Crippen LogP) is 4.43. The maximum atomic E-state index is 9.61. The van der Waals surface area contributed by atoms with Crippen LogP contribution >= 0.6 is 15.9 Å². The first-order valence-electron chi connectivity index (χ1n) is 10.3. The molecule has 156 valence electrons. The fraction of sp³-hybridized carbons (Fsp3) is 0.304. The Kier molecular flexibility index (Phi) is 6.81. The molecule has 1 aliphatic rings. The van der Waals surface area contributed by atoms with E-state index in [2.05, 4.69) is 66.1 Å². The van der Waals surface area contributed by atoms with E-state index >= 15 is 0 Å². The number of anilines is 2. The summed E-state index contributed by atoms with van der Waals surface area (Å²) >= 11 is 3.35. The molecule has 1 aromatic heterocycles. The molecule has 1 saturated heterocycles. The third-order valence-electron chi connectivity index (χ3n) is 5.23. The van der Waals surface area contributed by atoms with E-state index in [0.717, 1.165) is 54.9 Å². The van der Waals surface area contributed by atoms with Crippen LogP contribution in [-0.4, -0.2) is 40.8 Å². The molecule has 0 radical (unpaired) electrons. The van der Waals surface area contributed by atoms with Crippen LogP contribution < -0.4 is 16.0 Å². The Morgan fingerprint density at radius 3 is 2.80 bits per heavy atom. The lowest BCUT2D eigenvalue weighted by Gasteiger charge is -2.24. The summed E-state index contributed by atoms with van der Waals surface area (Å²) in [5.74, 6) is 0.863. The van der Waals surface area contributed by atoms with Gasteiger partial charge in [-0.15, -0.1) is 0 Å². The summed E-state index contributed by atoms with van der Waals surface area (Å²) < 4.78 is 0.705. The number of aromatic hydroxyl groups is 1. The van der Waals surface area contributed by atoms with Gasteiger partial charge in [0.1, 0.15) is 5.75 Å². The maximum absolute atomic E-state index is 9.61. The topological polar surface area (TPSA) is 82.1 Å². The zero-order chi connectivity index (χ0) is 20.8. The molecular weight excluding hydrogens is 442 g/mol. The normalized spacial score (nSPS) is 14.4.